The van der Waals surface area contributed by atoms with E-state index in [1.165, 1.54) is 19.0 Å². The van der Waals surface area contributed by atoms with Crippen LogP contribution in [-0.4, -0.2) is 26.8 Å². The molecule has 0 spiro atoms. The summed E-state index contributed by atoms with van der Waals surface area (Å²) in [6.07, 6.45) is 4.96. The van der Waals surface area contributed by atoms with Gasteiger partial charge in [0.1, 0.15) is 11.5 Å². The molecule has 14 heavy (non-hydrogen) atoms. The number of nitrogens with zero attached hydrogens (tertiary/aromatic N) is 1. The highest BCUT2D eigenvalue weighted by atomic mass is 32.2. The average molecular weight is 212 g/mol. The van der Waals surface area contributed by atoms with Gasteiger partial charge < -0.3 is 10.1 Å². The number of carboxylic acids is 1. The lowest BCUT2D eigenvalue weighted by Crippen LogP contribution is -2.04. The highest BCUT2D eigenvalue weighted by Gasteiger charge is 2.19. The van der Waals surface area contributed by atoms with Crippen molar-refractivity contribution < 1.29 is 9.90 Å². The molecule has 0 amide bonds. The van der Waals surface area contributed by atoms with E-state index < -0.39 is 5.97 Å². The van der Waals surface area contributed by atoms with Gasteiger partial charge in [0.05, 0.1) is 11.4 Å². The van der Waals surface area contributed by atoms with Crippen molar-refractivity contribution >= 4 is 17.7 Å². The van der Waals surface area contributed by atoms with Gasteiger partial charge in [-0.2, -0.15) is 11.8 Å². The number of hydrogen-bond acceptors (Lipinski definition) is 3. The second-order valence-corrected chi connectivity index (χ2v) is 4.65. The zero-order valence-electron chi connectivity index (χ0n) is 7.69. The van der Waals surface area contributed by atoms with Crippen LogP contribution in [0.1, 0.15) is 40.8 Å². The molecule has 1 aliphatic heterocycles. The Kier molecular flexibility index (Phi) is 2.77. The van der Waals surface area contributed by atoms with E-state index in [-0.39, 0.29) is 5.69 Å². The maximum atomic E-state index is 10.6. The first-order chi connectivity index (χ1) is 6.77. The Morgan fingerprint density at radius 1 is 1.64 bits per heavy atom. The summed E-state index contributed by atoms with van der Waals surface area (Å²) in [6.45, 7) is 0. The Morgan fingerprint density at radius 2 is 2.50 bits per heavy atom. The fourth-order valence-electron chi connectivity index (χ4n) is 1.57. The predicted octanol–water partition coefficient (Wildman–Crippen LogP) is 2.07. The van der Waals surface area contributed by atoms with Crippen LogP contribution in [0.25, 0.3) is 0 Å². The highest BCUT2D eigenvalue weighted by Crippen LogP contribution is 2.36. The molecule has 0 bridgehead atoms. The Labute approximate surface area is 86.1 Å². The molecule has 2 N–H and O–H groups in total. The van der Waals surface area contributed by atoms with Crippen LogP contribution in [0.2, 0.25) is 0 Å². The van der Waals surface area contributed by atoms with E-state index in [9.17, 15) is 4.79 Å². The fourth-order valence-corrected chi connectivity index (χ4v) is 2.83. The number of aromatic carboxylic acids is 1. The summed E-state index contributed by atoms with van der Waals surface area (Å²) in [7, 11) is 0. The molecule has 1 atom stereocenters. The van der Waals surface area contributed by atoms with Gasteiger partial charge in [-0.15, -0.1) is 0 Å². The van der Waals surface area contributed by atoms with Crippen molar-refractivity contribution in [1.29, 1.82) is 0 Å². The molecular weight excluding hydrogens is 200 g/mol. The molecule has 1 unspecified atom stereocenters. The predicted molar refractivity (Wildman–Crippen MR) is 54.6 cm³/mol. The Morgan fingerprint density at radius 3 is 3.07 bits per heavy atom. The maximum absolute atomic E-state index is 10.6. The van der Waals surface area contributed by atoms with E-state index in [1.807, 2.05) is 11.8 Å². The number of H-pyrrole nitrogens is 1. The summed E-state index contributed by atoms with van der Waals surface area (Å²) in [6, 6.07) is 0. The molecule has 1 aromatic heterocycles. The minimum absolute atomic E-state index is 0.186. The third-order valence-electron chi connectivity index (χ3n) is 2.31. The Balaban J connectivity index is 2.11. The van der Waals surface area contributed by atoms with Crippen molar-refractivity contribution in [1.82, 2.24) is 9.97 Å². The van der Waals surface area contributed by atoms with E-state index in [0.717, 1.165) is 18.0 Å². The van der Waals surface area contributed by atoms with Crippen LogP contribution in [-0.2, 0) is 0 Å². The SMILES string of the molecule is O=C(O)c1cnc(C2CCCCS2)[nH]1. The summed E-state index contributed by atoms with van der Waals surface area (Å²) in [5.74, 6) is 1.02. The van der Waals surface area contributed by atoms with Crippen molar-refractivity contribution in [3.8, 4) is 0 Å². The molecule has 1 fully saturated rings. The molecule has 2 rings (SSSR count). The van der Waals surface area contributed by atoms with Gasteiger partial charge in [-0.3, -0.25) is 0 Å². The summed E-state index contributed by atoms with van der Waals surface area (Å²) >= 11 is 1.85. The summed E-state index contributed by atoms with van der Waals surface area (Å²) < 4.78 is 0. The molecule has 0 radical (unpaired) electrons. The number of aromatic nitrogens is 2. The second kappa shape index (κ2) is 4.04. The van der Waals surface area contributed by atoms with Crippen molar-refractivity contribution in [2.45, 2.75) is 24.5 Å². The van der Waals surface area contributed by atoms with Crippen molar-refractivity contribution in [3.05, 3.63) is 17.7 Å². The smallest absolute Gasteiger partial charge is 0.353 e. The third kappa shape index (κ3) is 1.92. The largest absolute Gasteiger partial charge is 0.477 e. The molecule has 1 aliphatic rings. The van der Waals surface area contributed by atoms with Gasteiger partial charge in [0.15, 0.2) is 0 Å². The van der Waals surface area contributed by atoms with Crippen LogP contribution in [0.4, 0.5) is 0 Å². The van der Waals surface area contributed by atoms with E-state index >= 15 is 0 Å². The van der Waals surface area contributed by atoms with Gasteiger partial charge in [0.2, 0.25) is 0 Å². The molecule has 0 aliphatic carbocycles. The van der Waals surface area contributed by atoms with E-state index in [4.69, 9.17) is 5.11 Å². The average Bonchev–Trinajstić information content (AvgIpc) is 2.68. The number of thioether (sulfide) groups is 1. The van der Waals surface area contributed by atoms with E-state index in [0.29, 0.717) is 5.25 Å². The van der Waals surface area contributed by atoms with Crippen LogP contribution in [0, 0.1) is 0 Å². The zero-order valence-corrected chi connectivity index (χ0v) is 8.51. The van der Waals surface area contributed by atoms with Crippen LogP contribution in [0.5, 0.6) is 0 Å². The molecule has 0 aromatic carbocycles. The molecule has 2 heterocycles. The standard InChI is InChI=1S/C9H12N2O2S/c12-9(13)6-5-10-8(11-6)7-3-1-2-4-14-7/h5,7H,1-4H2,(H,10,11)(H,12,13). The lowest BCUT2D eigenvalue weighted by molar-refractivity contribution is 0.0691. The number of imidazole rings is 1. The molecule has 76 valence electrons. The quantitative estimate of drug-likeness (QED) is 0.787. The minimum Gasteiger partial charge on any atom is -0.477 e. The lowest BCUT2D eigenvalue weighted by Gasteiger charge is -2.18. The number of nitrogens with one attached hydrogen (secondary N) is 1. The van der Waals surface area contributed by atoms with E-state index in [1.54, 1.807) is 0 Å². The summed E-state index contributed by atoms with van der Waals surface area (Å²) in [5, 5.41) is 9.08. The Hall–Kier alpha value is -0.970. The molecule has 0 saturated carbocycles. The molecular formula is C9H12N2O2S. The molecule has 4 nitrogen and oxygen atoms in total. The van der Waals surface area contributed by atoms with Crippen LogP contribution in [0.3, 0.4) is 0 Å². The first-order valence-electron chi connectivity index (χ1n) is 4.67. The van der Waals surface area contributed by atoms with Crippen LogP contribution < -0.4 is 0 Å². The number of aromatic amines is 1. The van der Waals surface area contributed by atoms with Crippen molar-refractivity contribution in [2.24, 2.45) is 0 Å². The second-order valence-electron chi connectivity index (χ2n) is 3.34. The van der Waals surface area contributed by atoms with Gasteiger partial charge in [-0.25, -0.2) is 9.78 Å². The van der Waals surface area contributed by atoms with Gasteiger partial charge in [-0.1, -0.05) is 6.42 Å². The topological polar surface area (TPSA) is 66.0 Å². The van der Waals surface area contributed by atoms with Gasteiger partial charge in [-0.05, 0) is 18.6 Å². The third-order valence-corrected chi connectivity index (χ3v) is 3.70. The van der Waals surface area contributed by atoms with Crippen LogP contribution in [0.15, 0.2) is 6.20 Å². The number of rotatable bonds is 2. The first kappa shape index (κ1) is 9.58. The maximum Gasteiger partial charge on any atom is 0.353 e. The van der Waals surface area contributed by atoms with Crippen LogP contribution >= 0.6 is 11.8 Å². The number of carboxylic acid groups (broad SMARTS) is 1. The van der Waals surface area contributed by atoms with Gasteiger partial charge >= 0.3 is 5.97 Å². The van der Waals surface area contributed by atoms with Gasteiger partial charge in [0, 0.05) is 0 Å². The summed E-state index contributed by atoms with van der Waals surface area (Å²) in [5.41, 5.74) is 0.186. The Bertz CT molecular complexity index is 331. The van der Waals surface area contributed by atoms with Crippen molar-refractivity contribution in [2.75, 3.05) is 5.75 Å². The zero-order chi connectivity index (χ0) is 9.97. The molecule has 5 heteroatoms. The monoisotopic (exact) mass is 212 g/mol. The molecule has 1 saturated heterocycles. The van der Waals surface area contributed by atoms with E-state index in [2.05, 4.69) is 9.97 Å². The first-order valence-corrected chi connectivity index (χ1v) is 5.72. The fraction of sp³-hybridized carbons (Fsp3) is 0.556. The van der Waals surface area contributed by atoms with Crippen molar-refractivity contribution in [3.63, 3.8) is 0 Å². The normalized spacial score (nSPS) is 22.1. The number of hydrogen-bond donors (Lipinski definition) is 2. The molecule has 1 aromatic rings. The van der Waals surface area contributed by atoms with Gasteiger partial charge in [0.25, 0.3) is 0 Å². The number of carbonyl (C=O) groups is 1. The lowest BCUT2D eigenvalue weighted by atomic mass is 10.2. The summed E-state index contributed by atoms with van der Waals surface area (Å²) in [4.78, 5) is 17.6. The highest BCUT2D eigenvalue weighted by molar-refractivity contribution is 7.99. The minimum atomic E-state index is -0.940.